The van der Waals surface area contributed by atoms with E-state index < -0.39 is 24.0 Å². The molecular weight excluding hydrogens is 470 g/mol. The zero-order valence-corrected chi connectivity index (χ0v) is 19.8. The monoisotopic (exact) mass is 495 g/mol. The van der Waals surface area contributed by atoms with Crippen molar-refractivity contribution in [3.8, 4) is 11.1 Å². The van der Waals surface area contributed by atoms with Crippen molar-refractivity contribution in [2.75, 3.05) is 18.6 Å². The summed E-state index contributed by atoms with van der Waals surface area (Å²) in [5.41, 5.74) is 4.38. The number of carbonyl (C=O) groups excluding carboxylic acids is 2. The van der Waals surface area contributed by atoms with Crippen LogP contribution in [0.2, 0.25) is 0 Å². The maximum Gasteiger partial charge on any atom is 0.407 e. The van der Waals surface area contributed by atoms with Crippen molar-refractivity contribution in [2.24, 2.45) is 0 Å². The van der Waals surface area contributed by atoms with E-state index in [1.54, 1.807) is 0 Å². The smallest absolute Gasteiger partial charge is 0.407 e. The van der Waals surface area contributed by atoms with Gasteiger partial charge in [0.05, 0.1) is 6.54 Å². The zero-order chi connectivity index (χ0) is 24.8. The van der Waals surface area contributed by atoms with E-state index >= 15 is 0 Å². The highest BCUT2D eigenvalue weighted by atomic mass is 32.2. The van der Waals surface area contributed by atoms with E-state index in [1.807, 2.05) is 42.7 Å². The number of thioether (sulfide) groups is 1. The maximum atomic E-state index is 12.5. The molecule has 10 heteroatoms. The average molecular weight is 496 g/mol. The number of carboxylic acid groups (broad SMARTS) is 1. The van der Waals surface area contributed by atoms with Crippen molar-refractivity contribution in [3.63, 3.8) is 0 Å². The highest BCUT2D eigenvalue weighted by molar-refractivity contribution is 7.98. The summed E-state index contributed by atoms with van der Waals surface area (Å²) in [4.78, 5) is 40.2. The normalized spacial score (nSPS) is 12.9. The number of amides is 2. The predicted octanol–water partition coefficient (Wildman–Crippen LogP) is 3.65. The molecule has 2 amide bonds. The minimum atomic E-state index is -1.13. The third-order valence-electron chi connectivity index (χ3n) is 5.81. The Bertz CT molecular complexity index is 1180. The molecule has 0 unspecified atom stereocenters. The number of carboxylic acids is 1. The van der Waals surface area contributed by atoms with Gasteiger partial charge in [-0.2, -0.15) is 11.8 Å². The number of fused-ring (bicyclic) bond motifs is 3. The first-order valence-corrected chi connectivity index (χ1v) is 12.4. The second-order valence-electron chi connectivity index (χ2n) is 7.95. The van der Waals surface area contributed by atoms with Crippen LogP contribution in [0.5, 0.6) is 0 Å². The van der Waals surface area contributed by atoms with Crippen LogP contribution in [0.15, 0.2) is 59.3 Å². The van der Waals surface area contributed by atoms with E-state index in [2.05, 4.69) is 27.8 Å². The van der Waals surface area contributed by atoms with E-state index in [1.165, 1.54) is 11.8 Å². The van der Waals surface area contributed by atoms with Crippen molar-refractivity contribution in [1.82, 2.24) is 15.6 Å². The number of hydrogen-bond acceptors (Lipinski definition) is 7. The molecule has 0 fully saturated rings. The number of oxazole rings is 1. The Balaban J connectivity index is 1.34. The number of alkyl carbamates (subject to hydrolysis) is 1. The first-order chi connectivity index (χ1) is 17.0. The second-order valence-corrected chi connectivity index (χ2v) is 8.93. The van der Waals surface area contributed by atoms with E-state index in [9.17, 15) is 19.5 Å². The van der Waals surface area contributed by atoms with Gasteiger partial charge in [-0.1, -0.05) is 48.5 Å². The quantitative estimate of drug-likeness (QED) is 0.389. The topological polar surface area (TPSA) is 131 Å². The van der Waals surface area contributed by atoms with Crippen molar-refractivity contribution >= 4 is 29.7 Å². The fraction of sp³-hybridized carbons (Fsp3) is 0.280. The van der Waals surface area contributed by atoms with E-state index in [0.717, 1.165) is 28.6 Å². The fourth-order valence-corrected chi connectivity index (χ4v) is 4.57. The number of nitrogens with zero attached hydrogens (tertiary/aromatic N) is 1. The number of carbonyl (C=O) groups is 3. The van der Waals surface area contributed by atoms with Crippen LogP contribution in [0.1, 0.15) is 39.7 Å². The molecule has 1 heterocycles. The highest BCUT2D eigenvalue weighted by Crippen LogP contribution is 2.44. The Hall–Kier alpha value is -3.79. The van der Waals surface area contributed by atoms with Gasteiger partial charge in [0.2, 0.25) is 0 Å². The standard InChI is InChI=1S/C25H25N3O6S/c1-35-11-10-20(24(30)31)28-23(29)22-21(34-14-27-22)12-26-25(32)33-13-19-17-8-4-2-6-15(17)16-7-3-5-9-18(16)19/h2-9,14,19-20H,10-13H2,1H3,(H,26,32)(H,28,29)(H,30,31)/t20-/m1/s1. The first-order valence-electron chi connectivity index (χ1n) is 11.0. The molecule has 0 bridgehead atoms. The van der Waals surface area contributed by atoms with Gasteiger partial charge >= 0.3 is 12.1 Å². The van der Waals surface area contributed by atoms with Gasteiger partial charge in [0, 0.05) is 5.92 Å². The van der Waals surface area contributed by atoms with Gasteiger partial charge in [-0.05, 0) is 40.7 Å². The van der Waals surface area contributed by atoms with Crippen LogP contribution in [0.4, 0.5) is 4.79 Å². The highest BCUT2D eigenvalue weighted by Gasteiger charge is 2.29. The lowest BCUT2D eigenvalue weighted by Gasteiger charge is -2.15. The van der Waals surface area contributed by atoms with Gasteiger partial charge < -0.3 is 24.9 Å². The number of nitrogens with one attached hydrogen (secondary N) is 2. The van der Waals surface area contributed by atoms with Crippen LogP contribution >= 0.6 is 11.8 Å². The summed E-state index contributed by atoms with van der Waals surface area (Å²) in [5, 5.41) is 14.3. The van der Waals surface area contributed by atoms with Crippen molar-refractivity contribution in [1.29, 1.82) is 0 Å². The van der Waals surface area contributed by atoms with Gasteiger partial charge in [0.1, 0.15) is 12.6 Å². The lowest BCUT2D eigenvalue weighted by atomic mass is 9.98. The minimum Gasteiger partial charge on any atom is -0.480 e. The Morgan fingerprint density at radius 2 is 1.77 bits per heavy atom. The van der Waals surface area contributed by atoms with Crippen molar-refractivity contribution < 1.29 is 28.6 Å². The molecule has 0 spiro atoms. The van der Waals surface area contributed by atoms with Crippen LogP contribution in [0.25, 0.3) is 11.1 Å². The molecule has 35 heavy (non-hydrogen) atoms. The zero-order valence-electron chi connectivity index (χ0n) is 19.0. The van der Waals surface area contributed by atoms with Crippen molar-refractivity contribution in [3.05, 3.63) is 77.5 Å². The molecule has 182 valence electrons. The van der Waals surface area contributed by atoms with Crippen molar-refractivity contribution in [2.45, 2.75) is 24.9 Å². The molecule has 9 nitrogen and oxygen atoms in total. The van der Waals surface area contributed by atoms with Gasteiger partial charge in [0.25, 0.3) is 5.91 Å². The molecule has 0 saturated heterocycles. The lowest BCUT2D eigenvalue weighted by molar-refractivity contribution is -0.139. The van der Waals surface area contributed by atoms with E-state index in [0.29, 0.717) is 5.75 Å². The predicted molar refractivity (Wildman–Crippen MR) is 130 cm³/mol. The fourth-order valence-electron chi connectivity index (χ4n) is 4.10. The van der Waals surface area contributed by atoms with Crippen LogP contribution in [-0.4, -0.2) is 52.7 Å². The summed E-state index contributed by atoms with van der Waals surface area (Å²) < 4.78 is 10.7. The molecule has 3 N–H and O–H groups in total. The number of aliphatic carboxylic acids is 1. The van der Waals surface area contributed by atoms with Gasteiger partial charge in [-0.25, -0.2) is 14.6 Å². The Morgan fingerprint density at radius 1 is 1.11 bits per heavy atom. The third-order valence-corrected chi connectivity index (χ3v) is 6.45. The second kappa shape index (κ2) is 11.1. The molecular formula is C25H25N3O6S. The molecule has 1 aromatic heterocycles. The molecule has 4 rings (SSSR count). The third kappa shape index (κ3) is 5.48. The van der Waals surface area contributed by atoms with Gasteiger partial charge in [-0.15, -0.1) is 0 Å². The Kier molecular flexibility index (Phi) is 7.71. The van der Waals surface area contributed by atoms with Gasteiger partial charge in [0.15, 0.2) is 17.8 Å². The molecule has 0 aliphatic heterocycles. The summed E-state index contributed by atoms with van der Waals surface area (Å²) in [6, 6.07) is 15.0. The maximum absolute atomic E-state index is 12.5. The molecule has 2 aromatic carbocycles. The van der Waals surface area contributed by atoms with Crippen LogP contribution in [0.3, 0.4) is 0 Å². The Labute approximate surface area is 206 Å². The Morgan fingerprint density at radius 3 is 2.40 bits per heavy atom. The van der Waals surface area contributed by atoms with Gasteiger partial charge in [-0.3, -0.25) is 4.79 Å². The summed E-state index contributed by atoms with van der Waals surface area (Å²) in [5.74, 6) is -1.21. The lowest BCUT2D eigenvalue weighted by Crippen LogP contribution is -2.41. The molecule has 0 radical (unpaired) electrons. The molecule has 1 atom stereocenters. The molecule has 0 saturated carbocycles. The summed E-state index contributed by atoms with van der Waals surface area (Å²) in [6.07, 6.45) is 2.53. The number of aromatic nitrogens is 1. The molecule has 3 aromatic rings. The number of ether oxygens (including phenoxy) is 1. The SMILES string of the molecule is CSCC[C@@H](NC(=O)c1ncoc1CNC(=O)OCC1c2ccccc2-c2ccccc21)C(=O)O. The molecule has 1 aliphatic carbocycles. The van der Waals surface area contributed by atoms with E-state index in [-0.39, 0.29) is 36.9 Å². The average Bonchev–Trinajstić information content (AvgIpc) is 3.46. The van der Waals surface area contributed by atoms with E-state index in [4.69, 9.17) is 9.15 Å². The van der Waals surface area contributed by atoms with Crippen LogP contribution in [-0.2, 0) is 16.1 Å². The summed E-state index contributed by atoms with van der Waals surface area (Å²) >= 11 is 1.48. The number of benzene rings is 2. The summed E-state index contributed by atoms with van der Waals surface area (Å²) in [6.45, 7) is 0.0152. The van der Waals surface area contributed by atoms with Crippen LogP contribution < -0.4 is 10.6 Å². The molecule has 1 aliphatic rings. The van der Waals surface area contributed by atoms with Crippen LogP contribution in [0, 0.1) is 0 Å². The largest absolute Gasteiger partial charge is 0.480 e. The number of rotatable bonds is 10. The summed E-state index contributed by atoms with van der Waals surface area (Å²) in [7, 11) is 0. The number of hydrogen-bond donors (Lipinski definition) is 3. The first kappa shape index (κ1) is 24.3. The minimum absolute atomic E-state index is 0.0750.